The van der Waals surface area contributed by atoms with Gasteiger partial charge in [-0.15, -0.1) is 11.3 Å². The smallest absolute Gasteiger partial charge is 0.170 e. The maximum absolute atomic E-state index is 8.35. The summed E-state index contributed by atoms with van der Waals surface area (Å²) in [6, 6.07) is 15.3. The molecule has 0 saturated heterocycles. The highest BCUT2D eigenvalue weighted by molar-refractivity contribution is 7.12. The second-order valence-corrected chi connectivity index (χ2v) is 9.48. The van der Waals surface area contributed by atoms with Gasteiger partial charge in [-0.2, -0.15) is 0 Å². The number of unbranched alkanes of at least 4 members (excludes halogenated alkanes) is 3. The van der Waals surface area contributed by atoms with Crippen molar-refractivity contribution in [2.45, 2.75) is 66.7 Å². The van der Waals surface area contributed by atoms with Crippen LogP contribution in [-0.4, -0.2) is 29.7 Å². The lowest BCUT2D eigenvalue weighted by molar-refractivity contribution is 0.305. The van der Waals surface area contributed by atoms with E-state index in [-0.39, 0.29) is 13.3 Å². The summed E-state index contributed by atoms with van der Waals surface area (Å²) in [4.78, 5) is 6.07. The minimum Gasteiger partial charge on any atom is -0.497 e. The second-order valence-electron chi connectivity index (χ2n) is 8.25. The predicted octanol–water partition coefficient (Wildman–Crippen LogP) is 7.63. The molecule has 0 atom stereocenters. The van der Waals surface area contributed by atoms with Crippen LogP contribution >= 0.6 is 11.3 Å². The highest BCUT2D eigenvalue weighted by Crippen LogP contribution is 2.34. The molecule has 7 heteroatoms. The van der Waals surface area contributed by atoms with Gasteiger partial charge in [-0.05, 0) is 67.8 Å². The van der Waals surface area contributed by atoms with Crippen LogP contribution in [0.15, 0.2) is 53.7 Å². The first-order valence-electron chi connectivity index (χ1n) is 11.7. The maximum Gasteiger partial charge on any atom is 0.170 e. The summed E-state index contributed by atoms with van der Waals surface area (Å²) in [6.07, 6.45) is 4.95. The average molecular weight is 500 g/mol. The Kier molecular flexibility index (Phi) is 13.5. The van der Waals surface area contributed by atoms with Gasteiger partial charge in [0, 0.05) is 16.0 Å². The van der Waals surface area contributed by atoms with Crippen LogP contribution in [0.4, 0.5) is 0 Å². The number of aryl methyl sites for hydroxylation is 1. The molecule has 0 amide bonds. The highest BCUT2D eigenvalue weighted by atomic mass is 32.1. The van der Waals surface area contributed by atoms with Crippen molar-refractivity contribution in [2.24, 2.45) is 10.9 Å². The molecule has 6 nitrogen and oxygen atoms in total. The summed E-state index contributed by atoms with van der Waals surface area (Å²) >= 11 is 1.80. The zero-order valence-corrected chi connectivity index (χ0v) is 21.7. The molecular weight excluding hydrogens is 458 g/mol. The fourth-order valence-corrected chi connectivity index (χ4v) is 4.24. The summed E-state index contributed by atoms with van der Waals surface area (Å²) in [5.74, 6) is 2.30. The molecule has 0 bridgehead atoms. The van der Waals surface area contributed by atoms with E-state index in [1.54, 1.807) is 42.7 Å². The topological polar surface area (TPSA) is 90.0 Å². The molecule has 0 saturated carbocycles. The van der Waals surface area contributed by atoms with Gasteiger partial charge in [-0.3, -0.25) is 0 Å². The van der Waals surface area contributed by atoms with Crippen molar-refractivity contribution < 1.29 is 14.7 Å². The standard InChI is InChI=1S/C19H27NOS.C8H10N2O2.CH4/c1-5-6-7-8-13-21-17-11-9-16(10-12-17)18-19(14(2)3)22-15(4)20-18;1-12-7-4-2-6(3-5-7)8(9)10-11;/h9-12,14H,5-8,13H2,1-4H3;2-5,11H,1H3,(H2,9,10);1H4. The summed E-state index contributed by atoms with van der Waals surface area (Å²) in [6.45, 7) is 9.57. The lowest BCUT2D eigenvalue weighted by Gasteiger charge is -2.08. The van der Waals surface area contributed by atoms with E-state index in [4.69, 9.17) is 25.4 Å². The number of hydrogen-bond acceptors (Lipinski definition) is 6. The fourth-order valence-electron chi connectivity index (χ4n) is 3.29. The molecule has 3 N–H and O–H groups in total. The number of benzene rings is 2. The van der Waals surface area contributed by atoms with E-state index in [0.717, 1.165) is 35.2 Å². The molecule has 3 aromatic rings. The predicted molar refractivity (Wildman–Crippen MR) is 148 cm³/mol. The van der Waals surface area contributed by atoms with Crippen molar-refractivity contribution in [1.82, 2.24) is 4.98 Å². The normalized spacial score (nSPS) is 10.9. The molecule has 0 aliphatic heterocycles. The zero-order valence-electron chi connectivity index (χ0n) is 20.9. The Morgan fingerprint density at radius 1 is 1.03 bits per heavy atom. The number of amidine groups is 1. The monoisotopic (exact) mass is 499 g/mol. The van der Waals surface area contributed by atoms with Crippen LogP contribution in [0.25, 0.3) is 11.3 Å². The second kappa shape index (κ2) is 15.8. The Bertz CT molecular complexity index is 1010. The van der Waals surface area contributed by atoms with Crippen LogP contribution in [0.2, 0.25) is 0 Å². The minimum absolute atomic E-state index is 0. The molecule has 0 aliphatic rings. The summed E-state index contributed by atoms with van der Waals surface area (Å²) < 4.78 is 10.7. The Morgan fingerprint density at radius 2 is 1.66 bits per heavy atom. The number of thiazole rings is 1. The quantitative estimate of drug-likeness (QED) is 0.0984. The van der Waals surface area contributed by atoms with Crippen molar-refractivity contribution in [3.63, 3.8) is 0 Å². The molecule has 0 fully saturated rings. The molecule has 0 spiro atoms. The van der Waals surface area contributed by atoms with E-state index < -0.39 is 0 Å². The third kappa shape index (κ3) is 9.61. The molecule has 3 rings (SSSR count). The van der Waals surface area contributed by atoms with Gasteiger partial charge < -0.3 is 20.4 Å². The van der Waals surface area contributed by atoms with Crippen LogP contribution < -0.4 is 15.2 Å². The number of oxime groups is 1. The van der Waals surface area contributed by atoms with Crippen LogP contribution in [-0.2, 0) is 0 Å². The SMILES string of the molecule is C.CCCCCCOc1ccc(-c2nc(C)sc2C(C)C)cc1.COc1ccc(/C(N)=N/O)cc1. The number of nitrogens with two attached hydrogens (primary N) is 1. The van der Waals surface area contributed by atoms with Crippen molar-refractivity contribution in [2.75, 3.05) is 13.7 Å². The lowest BCUT2D eigenvalue weighted by atomic mass is 10.1. The number of ether oxygens (including phenoxy) is 2. The first-order chi connectivity index (χ1) is 16.4. The number of aromatic nitrogens is 1. The zero-order chi connectivity index (χ0) is 24.9. The van der Waals surface area contributed by atoms with E-state index >= 15 is 0 Å². The molecule has 2 aromatic carbocycles. The van der Waals surface area contributed by atoms with Crippen LogP contribution in [0, 0.1) is 6.92 Å². The molecular formula is C28H41N3O3S. The van der Waals surface area contributed by atoms with E-state index in [1.165, 1.54) is 29.7 Å². The van der Waals surface area contributed by atoms with Gasteiger partial charge in [0.2, 0.25) is 0 Å². The van der Waals surface area contributed by atoms with Crippen LogP contribution in [0.5, 0.6) is 11.5 Å². The van der Waals surface area contributed by atoms with E-state index in [1.807, 2.05) is 0 Å². The van der Waals surface area contributed by atoms with E-state index in [2.05, 4.69) is 57.1 Å². The Morgan fingerprint density at radius 3 is 2.20 bits per heavy atom. The Hall–Kier alpha value is -3.06. The van der Waals surface area contributed by atoms with Crippen molar-refractivity contribution in [1.29, 1.82) is 0 Å². The molecule has 1 heterocycles. The van der Waals surface area contributed by atoms with E-state index in [0.29, 0.717) is 11.5 Å². The minimum atomic E-state index is 0. The molecule has 192 valence electrons. The Labute approximate surface area is 214 Å². The maximum atomic E-state index is 8.35. The summed E-state index contributed by atoms with van der Waals surface area (Å²) in [7, 11) is 1.58. The van der Waals surface area contributed by atoms with Crippen molar-refractivity contribution >= 4 is 17.2 Å². The first-order valence-corrected chi connectivity index (χ1v) is 12.5. The van der Waals surface area contributed by atoms with Gasteiger partial charge in [0.15, 0.2) is 5.84 Å². The fraction of sp³-hybridized carbons (Fsp3) is 0.429. The number of methoxy groups -OCH3 is 1. The van der Waals surface area contributed by atoms with Gasteiger partial charge in [-0.1, -0.05) is 52.6 Å². The molecule has 35 heavy (non-hydrogen) atoms. The first kappa shape index (κ1) is 30.0. The van der Waals surface area contributed by atoms with Gasteiger partial charge in [0.05, 0.1) is 24.4 Å². The van der Waals surface area contributed by atoms with Crippen molar-refractivity contribution in [3.05, 3.63) is 64.0 Å². The number of rotatable bonds is 10. The molecule has 1 aromatic heterocycles. The van der Waals surface area contributed by atoms with Crippen LogP contribution in [0.3, 0.4) is 0 Å². The van der Waals surface area contributed by atoms with E-state index in [9.17, 15) is 0 Å². The van der Waals surface area contributed by atoms with Crippen LogP contribution in [0.1, 0.15) is 75.2 Å². The summed E-state index contributed by atoms with van der Waals surface area (Å²) in [5, 5.41) is 12.3. The highest BCUT2D eigenvalue weighted by Gasteiger charge is 2.14. The third-order valence-corrected chi connectivity index (χ3v) is 6.44. The van der Waals surface area contributed by atoms with Crippen molar-refractivity contribution in [3.8, 4) is 22.8 Å². The largest absolute Gasteiger partial charge is 0.497 e. The number of nitrogens with zero attached hydrogens (tertiary/aromatic N) is 2. The lowest BCUT2D eigenvalue weighted by Crippen LogP contribution is -2.12. The molecule has 0 unspecified atom stereocenters. The average Bonchev–Trinajstić information content (AvgIpc) is 3.26. The Balaban J connectivity index is 0.000000401. The van der Waals surface area contributed by atoms with Gasteiger partial charge >= 0.3 is 0 Å². The molecule has 0 radical (unpaired) electrons. The summed E-state index contributed by atoms with van der Waals surface area (Å²) in [5.41, 5.74) is 8.33. The van der Waals surface area contributed by atoms with Gasteiger partial charge in [0.25, 0.3) is 0 Å². The van der Waals surface area contributed by atoms with Gasteiger partial charge in [-0.25, -0.2) is 4.98 Å². The number of hydrogen-bond donors (Lipinski definition) is 2. The molecule has 0 aliphatic carbocycles. The van der Waals surface area contributed by atoms with Gasteiger partial charge in [0.1, 0.15) is 11.5 Å². The third-order valence-electron chi connectivity index (χ3n) is 5.17.